The molecular formula is C22H26FN7O2. The smallest absolute Gasteiger partial charge is 0.275 e. The Morgan fingerprint density at radius 1 is 1.34 bits per heavy atom. The van der Waals surface area contributed by atoms with Gasteiger partial charge in [0, 0.05) is 51.1 Å². The highest BCUT2D eigenvalue weighted by Gasteiger charge is 2.22. The van der Waals surface area contributed by atoms with Crippen LogP contribution in [-0.2, 0) is 4.79 Å². The van der Waals surface area contributed by atoms with Crippen LogP contribution in [0.1, 0.15) is 35.4 Å². The van der Waals surface area contributed by atoms with E-state index >= 15 is 0 Å². The molecule has 0 saturated heterocycles. The molecule has 1 saturated carbocycles. The summed E-state index contributed by atoms with van der Waals surface area (Å²) in [5.41, 5.74) is 1.29. The molecule has 0 radical (unpaired) electrons. The lowest BCUT2D eigenvalue weighted by Gasteiger charge is -2.24. The standard InChI is InChI=1S/C22H26FN7O2/c1-14-11-30-13-17(7-18(23)21(30)27-14)28-22(32)19-9-26-20(10-25-19)29(2)12-15(5-6-31)8-24-16-3-4-16/h6-7,9-11,13,15-16,24H,3-5,8,12H2,1-2H3,(H,28,32). The summed E-state index contributed by atoms with van der Waals surface area (Å²) in [5.74, 6) is -0.250. The van der Waals surface area contributed by atoms with Crippen LogP contribution in [0, 0.1) is 18.7 Å². The van der Waals surface area contributed by atoms with Crippen LogP contribution in [-0.4, -0.2) is 57.7 Å². The van der Waals surface area contributed by atoms with Crippen LogP contribution in [0.4, 0.5) is 15.9 Å². The van der Waals surface area contributed by atoms with Crippen molar-refractivity contribution in [3.8, 4) is 0 Å². The number of nitrogens with zero attached hydrogens (tertiary/aromatic N) is 5. The third kappa shape index (κ3) is 5.25. The van der Waals surface area contributed by atoms with Gasteiger partial charge in [0.15, 0.2) is 11.5 Å². The Kier molecular flexibility index (Phi) is 6.40. The number of imidazole rings is 1. The number of fused-ring (bicyclic) bond motifs is 1. The van der Waals surface area contributed by atoms with Crippen molar-refractivity contribution in [1.82, 2.24) is 24.7 Å². The van der Waals surface area contributed by atoms with Crippen LogP contribution in [0.3, 0.4) is 0 Å². The van der Waals surface area contributed by atoms with E-state index in [1.165, 1.54) is 35.7 Å². The lowest BCUT2D eigenvalue weighted by Crippen LogP contribution is -2.34. The fourth-order valence-corrected chi connectivity index (χ4v) is 3.54. The van der Waals surface area contributed by atoms with Crippen LogP contribution in [0.2, 0.25) is 0 Å². The topological polar surface area (TPSA) is 105 Å². The van der Waals surface area contributed by atoms with Crippen molar-refractivity contribution < 1.29 is 14.0 Å². The van der Waals surface area contributed by atoms with Gasteiger partial charge in [-0.2, -0.15) is 0 Å². The Hall–Kier alpha value is -3.40. The Balaban J connectivity index is 1.38. The second-order valence-corrected chi connectivity index (χ2v) is 8.24. The third-order valence-corrected chi connectivity index (χ3v) is 5.38. The van der Waals surface area contributed by atoms with Gasteiger partial charge in [0.1, 0.15) is 17.8 Å². The Labute approximate surface area is 185 Å². The molecule has 4 rings (SSSR count). The van der Waals surface area contributed by atoms with Crippen LogP contribution in [0.25, 0.3) is 5.65 Å². The molecule has 9 nitrogen and oxygen atoms in total. The maximum Gasteiger partial charge on any atom is 0.275 e. The minimum absolute atomic E-state index is 0.115. The zero-order chi connectivity index (χ0) is 22.7. The molecule has 1 unspecified atom stereocenters. The summed E-state index contributed by atoms with van der Waals surface area (Å²) >= 11 is 0. The number of carbonyl (C=O) groups is 2. The molecule has 1 aliphatic carbocycles. The van der Waals surface area contributed by atoms with E-state index in [1.807, 2.05) is 11.9 Å². The van der Waals surface area contributed by atoms with Gasteiger partial charge in [0.05, 0.1) is 23.8 Å². The molecule has 1 fully saturated rings. The van der Waals surface area contributed by atoms with Gasteiger partial charge in [-0.15, -0.1) is 0 Å². The van der Waals surface area contributed by atoms with Gasteiger partial charge in [-0.25, -0.2) is 19.3 Å². The van der Waals surface area contributed by atoms with E-state index in [4.69, 9.17) is 0 Å². The second-order valence-electron chi connectivity index (χ2n) is 8.24. The van der Waals surface area contributed by atoms with Gasteiger partial charge in [0.25, 0.3) is 5.91 Å². The first-order valence-corrected chi connectivity index (χ1v) is 10.6. The van der Waals surface area contributed by atoms with Crippen molar-refractivity contribution in [2.24, 2.45) is 5.92 Å². The van der Waals surface area contributed by atoms with Gasteiger partial charge in [-0.3, -0.25) is 4.79 Å². The van der Waals surface area contributed by atoms with Gasteiger partial charge in [0.2, 0.25) is 0 Å². The molecule has 0 aromatic carbocycles. The van der Waals surface area contributed by atoms with Gasteiger partial charge >= 0.3 is 0 Å². The van der Waals surface area contributed by atoms with Crippen molar-refractivity contribution in [1.29, 1.82) is 0 Å². The number of hydrogen-bond acceptors (Lipinski definition) is 7. The summed E-state index contributed by atoms with van der Waals surface area (Å²) in [5, 5.41) is 6.10. The Morgan fingerprint density at radius 3 is 2.84 bits per heavy atom. The van der Waals surface area contributed by atoms with Crippen molar-refractivity contribution in [2.75, 3.05) is 30.4 Å². The molecule has 2 N–H and O–H groups in total. The average molecular weight is 439 g/mol. The number of hydrogen-bond donors (Lipinski definition) is 2. The first kappa shape index (κ1) is 21.8. The molecule has 0 aliphatic heterocycles. The molecule has 0 spiro atoms. The number of amides is 1. The number of halogens is 1. The highest BCUT2D eigenvalue weighted by molar-refractivity contribution is 6.02. The van der Waals surface area contributed by atoms with Crippen molar-refractivity contribution >= 4 is 29.3 Å². The van der Waals surface area contributed by atoms with E-state index in [2.05, 4.69) is 25.6 Å². The van der Waals surface area contributed by atoms with Gasteiger partial charge in [-0.05, 0) is 25.7 Å². The molecular weight excluding hydrogens is 413 g/mol. The molecule has 10 heteroatoms. The first-order valence-electron chi connectivity index (χ1n) is 10.6. The predicted octanol–water partition coefficient (Wildman–Crippen LogP) is 2.22. The molecule has 3 aromatic rings. The third-order valence-electron chi connectivity index (χ3n) is 5.38. The molecule has 1 aliphatic rings. The fourth-order valence-electron chi connectivity index (χ4n) is 3.54. The zero-order valence-electron chi connectivity index (χ0n) is 18.1. The van der Waals surface area contributed by atoms with Gasteiger partial charge < -0.3 is 24.7 Å². The van der Waals surface area contributed by atoms with E-state index in [0.29, 0.717) is 36.2 Å². The molecule has 1 amide bonds. The van der Waals surface area contributed by atoms with E-state index < -0.39 is 11.7 Å². The maximum atomic E-state index is 14.2. The van der Waals surface area contributed by atoms with E-state index in [0.717, 1.165) is 12.8 Å². The average Bonchev–Trinajstić information content (AvgIpc) is 3.52. The number of anilines is 2. The highest BCUT2D eigenvalue weighted by atomic mass is 19.1. The Bertz CT molecular complexity index is 1110. The lowest BCUT2D eigenvalue weighted by atomic mass is 10.1. The summed E-state index contributed by atoms with van der Waals surface area (Å²) in [7, 11) is 1.88. The maximum absolute atomic E-state index is 14.2. The minimum Gasteiger partial charge on any atom is -0.358 e. The largest absolute Gasteiger partial charge is 0.358 e. The summed E-state index contributed by atoms with van der Waals surface area (Å²) in [4.78, 5) is 38.1. The number of rotatable bonds is 10. The molecule has 0 bridgehead atoms. The van der Waals surface area contributed by atoms with E-state index in [1.54, 1.807) is 19.3 Å². The van der Waals surface area contributed by atoms with E-state index in [9.17, 15) is 14.0 Å². The molecule has 1 atom stereocenters. The molecule has 3 aromatic heterocycles. The lowest BCUT2D eigenvalue weighted by molar-refractivity contribution is -0.108. The Morgan fingerprint density at radius 2 is 2.16 bits per heavy atom. The summed E-state index contributed by atoms with van der Waals surface area (Å²) in [6.45, 7) is 3.19. The number of aromatic nitrogens is 4. The zero-order valence-corrected chi connectivity index (χ0v) is 18.1. The quantitative estimate of drug-likeness (QED) is 0.467. The van der Waals surface area contributed by atoms with Crippen LogP contribution in [0.5, 0.6) is 0 Å². The monoisotopic (exact) mass is 439 g/mol. The first-order chi connectivity index (χ1) is 15.4. The molecule has 168 valence electrons. The molecule has 3 heterocycles. The van der Waals surface area contributed by atoms with Crippen LogP contribution >= 0.6 is 0 Å². The normalized spacial score (nSPS) is 14.3. The number of aldehydes is 1. The van der Waals surface area contributed by atoms with Crippen molar-refractivity contribution in [2.45, 2.75) is 32.2 Å². The number of aryl methyl sites for hydroxylation is 1. The summed E-state index contributed by atoms with van der Waals surface area (Å²) in [6.07, 6.45) is 9.97. The van der Waals surface area contributed by atoms with E-state index in [-0.39, 0.29) is 17.3 Å². The van der Waals surface area contributed by atoms with Crippen molar-refractivity contribution in [3.63, 3.8) is 0 Å². The fraction of sp³-hybridized carbons (Fsp3) is 0.409. The summed E-state index contributed by atoms with van der Waals surface area (Å²) < 4.78 is 15.7. The predicted molar refractivity (Wildman–Crippen MR) is 118 cm³/mol. The SMILES string of the molecule is Cc1cn2cc(NC(=O)c3cnc(N(C)CC(CC=O)CNC4CC4)cn3)cc(F)c2n1. The number of nitrogens with one attached hydrogen (secondary N) is 2. The van der Waals surface area contributed by atoms with Crippen LogP contribution in [0.15, 0.2) is 30.9 Å². The van der Waals surface area contributed by atoms with Crippen LogP contribution < -0.4 is 15.5 Å². The number of carbonyl (C=O) groups excluding carboxylic acids is 2. The van der Waals surface area contributed by atoms with Gasteiger partial charge in [-0.1, -0.05) is 0 Å². The summed E-state index contributed by atoms with van der Waals surface area (Å²) in [6, 6.07) is 1.80. The number of pyridine rings is 1. The van der Waals surface area contributed by atoms with Crippen molar-refractivity contribution in [3.05, 3.63) is 48.1 Å². The minimum atomic E-state index is -0.528. The second kappa shape index (κ2) is 9.39. The molecule has 32 heavy (non-hydrogen) atoms. The highest BCUT2D eigenvalue weighted by Crippen LogP contribution is 2.20.